The monoisotopic (exact) mass is 184 g/mol. The van der Waals surface area contributed by atoms with Crippen molar-refractivity contribution in [1.29, 1.82) is 0 Å². The fourth-order valence-corrected chi connectivity index (χ4v) is 1.82. The Labute approximate surface area is 80.3 Å². The minimum Gasteiger partial charge on any atom is -0.349 e. The van der Waals surface area contributed by atoms with E-state index in [0.29, 0.717) is 18.4 Å². The van der Waals surface area contributed by atoms with Crippen molar-refractivity contribution < 1.29 is 4.79 Å². The molecular weight excluding hydrogens is 164 g/mol. The zero-order valence-corrected chi connectivity index (χ0v) is 8.62. The molecule has 0 aromatic carbocycles. The van der Waals surface area contributed by atoms with Crippen LogP contribution in [0.4, 0.5) is 0 Å². The van der Waals surface area contributed by atoms with E-state index in [4.69, 9.17) is 5.73 Å². The van der Waals surface area contributed by atoms with Crippen molar-refractivity contribution in [3.63, 3.8) is 0 Å². The van der Waals surface area contributed by atoms with E-state index in [-0.39, 0.29) is 5.91 Å². The zero-order valence-electron chi connectivity index (χ0n) is 8.62. The number of carbonyl (C=O) groups excluding carboxylic acids is 1. The third kappa shape index (κ3) is 3.35. The lowest BCUT2D eigenvalue weighted by molar-refractivity contribution is -0.129. The molecule has 0 spiro atoms. The molecule has 1 rings (SSSR count). The molecule has 0 aliphatic heterocycles. The molecule has 76 valence electrons. The summed E-state index contributed by atoms with van der Waals surface area (Å²) >= 11 is 0. The molecule has 0 unspecified atom stereocenters. The number of nitrogens with zero attached hydrogens (tertiary/aromatic N) is 1. The molecular formula is C10H20N2O. The van der Waals surface area contributed by atoms with Gasteiger partial charge in [-0.3, -0.25) is 4.79 Å². The lowest BCUT2D eigenvalue weighted by Gasteiger charge is -2.26. The molecule has 13 heavy (non-hydrogen) atoms. The molecule has 1 aliphatic carbocycles. The Hall–Kier alpha value is -0.570. The molecule has 0 radical (unpaired) electrons. The summed E-state index contributed by atoms with van der Waals surface area (Å²) in [4.78, 5) is 13.1. The van der Waals surface area contributed by atoms with Gasteiger partial charge >= 0.3 is 0 Å². The van der Waals surface area contributed by atoms with Crippen LogP contribution in [0.5, 0.6) is 0 Å². The van der Waals surface area contributed by atoms with Gasteiger partial charge in [0.25, 0.3) is 0 Å². The first-order valence-corrected chi connectivity index (χ1v) is 5.05. The quantitative estimate of drug-likeness (QED) is 0.695. The largest absolute Gasteiger partial charge is 0.349 e. The van der Waals surface area contributed by atoms with Crippen LogP contribution in [0.3, 0.4) is 0 Å². The average molecular weight is 184 g/mol. The van der Waals surface area contributed by atoms with Gasteiger partial charge in [0.1, 0.15) is 0 Å². The summed E-state index contributed by atoms with van der Waals surface area (Å²) in [5, 5.41) is 0. The second-order valence-corrected chi connectivity index (χ2v) is 4.27. The fourth-order valence-electron chi connectivity index (χ4n) is 1.82. The van der Waals surface area contributed by atoms with Crippen LogP contribution in [-0.4, -0.2) is 30.9 Å². The van der Waals surface area contributed by atoms with Gasteiger partial charge in [0.15, 0.2) is 0 Å². The number of hydrogen-bond donors (Lipinski definition) is 1. The highest BCUT2D eigenvalue weighted by Crippen LogP contribution is 2.26. The van der Waals surface area contributed by atoms with Gasteiger partial charge < -0.3 is 10.6 Å². The second kappa shape index (κ2) is 4.61. The van der Waals surface area contributed by atoms with E-state index in [0.717, 1.165) is 25.7 Å². The van der Waals surface area contributed by atoms with E-state index in [1.54, 1.807) is 4.90 Å². The Morgan fingerprint density at radius 2 is 1.85 bits per heavy atom. The van der Waals surface area contributed by atoms with Crippen molar-refractivity contribution in [2.75, 3.05) is 14.1 Å². The molecule has 1 saturated carbocycles. The van der Waals surface area contributed by atoms with Crippen LogP contribution >= 0.6 is 0 Å². The van der Waals surface area contributed by atoms with Crippen LogP contribution < -0.4 is 5.73 Å². The van der Waals surface area contributed by atoms with E-state index in [1.165, 1.54) is 0 Å². The average Bonchev–Trinajstić information content (AvgIpc) is 2.08. The Morgan fingerprint density at radius 3 is 2.31 bits per heavy atom. The minimum absolute atomic E-state index is 0.250. The lowest BCUT2D eigenvalue weighted by Crippen LogP contribution is -2.30. The summed E-state index contributed by atoms with van der Waals surface area (Å²) in [5.41, 5.74) is 5.79. The first-order valence-electron chi connectivity index (χ1n) is 5.05. The topological polar surface area (TPSA) is 46.3 Å². The molecule has 1 aliphatic rings. The Morgan fingerprint density at radius 1 is 1.31 bits per heavy atom. The van der Waals surface area contributed by atoms with E-state index in [2.05, 4.69) is 0 Å². The predicted molar refractivity (Wildman–Crippen MR) is 53.2 cm³/mol. The van der Waals surface area contributed by atoms with Gasteiger partial charge in [-0.15, -0.1) is 0 Å². The standard InChI is InChI=1S/C10H20N2O/c1-12(2)10(13)7-8-3-5-9(11)6-4-8/h8-9H,3-7,11H2,1-2H3. The highest BCUT2D eigenvalue weighted by atomic mass is 16.2. The normalized spacial score (nSPS) is 28.5. The van der Waals surface area contributed by atoms with Crippen LogP contribution in [-0.2, 0) is 4.79 Å². The van der Waals surface area contributed by atoms with Crippen molar-refractivity contribution >= 4 is 5.91 Å². The van der Waals surface area contributed by atoms with Crippen LogP contribution in [0.15, 0.2) is 0 Å². The minimum atomic E-state index is 0.250. The third-order valence-electron chi connectivity index (χ3n) is 2.85. The van der Waals surface area contributed by atoms with Gasteiger partial charge in [-0.1, -0.05) is 0 Å². The summed E-state index contributed by atoms with van der Waals surface area (Å²) in [5.74, 6) is 0.829. The van der Waals surface area contributed by atoms with Crippen LogP contribution in [0.2, 0.25) is 0 Å². The van der Waals surface area contributed by atoms with Crippen molar-refractivity contribution in [3.8, 4) is 0 Å². The first-order chi connectivity index (χ1) is 6.09. The van der Waals surface area contributed by atoms with Crippen LogP contribution in [0.1, 0.15) is 32.1 Å². The van der Waals surface area contributed by atoms with Gasteiger partial charge in [-0.05, 0) is 31.6 Å². The molecule has 1 amide bonds. The van der Waals surface area contributed by atoms with E-state index in [9.17, 15) is 4.79 Å². The summed E-state index contributed by atoms with van der Waals surface area (Å²) in [6.45, 7) is 0. The van der Waals surface area contributed by atoms with E-state index in [1.807, 2.05) is 14.1 Å². The van der Waals surface area contributed by atoms with Crippen molar-refractivity contribution in [2.45, 2.75) is 38.1 Å². The third-order valence-corrected chi connectivity index (χ3v) is 2.85. The SMILES string of the molecule is CN(C)C(=O)CC1CCC(N)CC1. The highest BCUT2D eigenvalue weighted by molar-refractivity contribution is 5.75. The summed E-state index contributed by atoms with van der Waals surface area (Å²) in [6.07, 6.45) is 5.14. The van der Waals surface area contributed by atoms with Crippen molar-refractivity contribution in [2.24, 2.45) is 11.7 Å². The number of amides is 1. The number of nitrogens with two attached hydrogens (primary N) is 1. The Balaban J connectivity index is 2.26. The Kier molecular flexibility index (Phi) is 3.72. The maximum absolute atomic E-state index is 11.4. The van der Waals surface area contributed by atoms with Crippen molar-refractivity contribution in [3.05, 3.63) is 0 Å². The molecule has 1 fully saturated rings. The molecule has 0 bridgehead atoms. The highest BCUT2D eigenvalue weighted by Gasteiger charge is 2.21. The molecule has 0 saturated heterocycles. The fraction of sp³-hybridized carbons (Fsp3) is 0.900. The summed E-state index contributed by atoms with van der Waals surface area (Å²) in [6, 6.07) is 0.380. The van der Waals surface area contributed by atoms with Crippen LogP contribution in [0.25, 0.3) is 0 Å². The van der Waals surface area contributed by atoms with Gasteiger partial charge in [0.2, 0.25) is 5.91 Å². The van der Waals surface area contributed by atoms with E-state index >= 15 is 0 Å². The molecule has 3 nitrogen and oxygen atoms in total. The number of rotatable bonds is 2. The molecule has 0 aromatic heterocycles. The smallest absolute Gasteiger partial charge is 0.222 e. The summed E-state index contributed by atoms with van der Waals surface area (Å²) < 4.78 is 0. The van der Waals surface area contributed by atoms with Gasteiger partial charge in [0, 0.05) is 26.6 Å². The van der Waals surface area contributed by atoms with Crippen molar-refractivity contribution in [1.82, 2.24) is 4.90 Å². The second-order valence-electron chi connectivity index (χ2n) is 4.27. The Bertz CT molecular complexity index is 172. The van der Waals surface area contributed by atoms with Gasteiger partial charge in [-0.2, -0.15) is 0 Å². The summed E-state index contributed by atoms with van der Waals surface area (Å²) in [7, 11) is 3.63. The van der Waals surface area contributed by atoms with Gasteiger partial charge in [0.05, 0.1) is 0 Å². The molecule has 2 N–H and O–H groups in total. The van der Waals surface area contributed by atoms with Gasteiger partial charge in [-0.25, -0.2) is 0 Å². The van der Waals surface area contributed by atoms with Crippen LogP contribution in [0, 0.1) is 5.92 Å². The molecule has 0 heterocycles. The maximum atomic E-state index is 11.4. The number of carbonyl (C=O) groups is 1. The first kappa shape index (κ1) is 10.5. The zero-order chi connectivity index (χ0) is 9.84. The maximum Gasteiger partial charge on any atom is 0.222 e. The predicted octanol–water partition coefficient (Wildman–Crippen LogP) is 0.982. The lowest BCUT2D eigenvalue weighted by atomic mass is 9.84. The molecule has 0 aromatic rings. The number of hydrogen-bond acceptors (Lipinski definition) is 2. The van der Waals surface area contributed by atoms with E-state index < -0.39 is 0 Å². The molecule has 0 atom stereocenters. The molecule has 3 heteroatoms.